The molecule has 1 saturated carbocycles. The number of benzene rings is 1. The largest absolute Gasteiger partial charge is 0.312 e. The molecule has 1 aromatic carbocycles. The van der Waals surface area contributed by atoms with E-state index in [0.717, 1.165) is 12.1 Å². The molecule has 1 unspecified atom stereocenters. The predicted molar refractivity (Wildman–Crippen MR) is 74.3 cm³/mol. The van der Waals surface area contributed by atoms with E-state index in [0.29, 0.717) is 6.04 Å². The van der Waals surface area contributed by atoms with Crippen LogP contribution >= 0.6 is 0 Å². The molecule has 1 aliphatic carbocycles. The third-order valence-electron chi connectivity index (χ3n) is 3.82. The second-order valence-electron chi connectivity index (χ2n) is 5.19. The minimum absolute atomic E-state index is 0.0190. The van der Waals surface area contributed by atoms with E-state index in [1.165, 1.54) is 38.5 Å². The number of nitriles is 1. The first-order valence-electron chi connectivity index (χ1n) is 7.08. The van der Waals surface area contributed by atoms with Crippen LogP contribution in [0.15, 0.2) is 30.3 Å². The van der Waals surface area contributed by atoms with Crippen LogP contribution in [0.4, 0.5) is 0 Å². The molecule has 0 spiro atoms. The van der Waals surface area contributed by atoms with Gasteiger partial charge in [-0.2, -0.15) is 5.26 Å². The summed E-state index contributed by atoms with van der Waals surface area (Å²) in [6.07, 6.45) is 7.96. The van der Waals surface area contributed by atoms with Gasteiger partial charge in [0.15, 0.2) is 0 Å². The third-order valence-corrected chi connectivity index (χ3v) is 3.82. The van der Waals surface area contributed by atoms with Crippen LogP contribution in [0.2, 0.25) is 0 Å². The Morgan fingerprint density at radius 3 is 2.39 bits per heavy atom. The van der Waals surface area contributed by atoms with Crippen molar-refractivity contribution in [3.63, 3.8) is 0 Å². The highest BCUT2D eigenvalue weighted by Crippen LogP contribution is 2.19. The van der Waals surface area contributed by atoms with Gasteiger partial charge in [-0.3, -0.25) is 0 Å². The SMILES string of the molecule is N#CC(CNC1CCCCCC1)c1ccccc1. The summed E-state index contributed by atoms with van der Waals surface area (Å²) in [6.45, 7) is 0.783. The minimum Gasteiger partial charge on any atom is -0.312 e. The molecule has 2 nitrogen and oxygen atoms in total. The Balaban J connectivity index is 1.86. The second kappa shape index (κ2) is 7.18. The van der Waals surface area contributed by atoms with Gasteiger partial charge in [0.2, 0.25) is 0 Å². The van der Waals surface area contributed by atoms with Gasteiger partial charge in [-0.05, 0) is 18.4 Å². The van der Waals surface area contributed by atoms with Gasteiger partial charge in [0.05, 0.1) is 12.0 Å². The van der Waals surface area contributed by atoms with Crippen LogP contribution in [0.3, 0.4) is 0 Å². The van der Waals surface area contributed by atoms with Gasteiger partial charge in [-0.25, -0.2) is 0 Å². The molecule has 2 heteroatoms. The summed E-state index contributed by atoms with van der Waals surface area (Å²) in [5, 5.41) is 12.9. The molecule has 18 heavy (non-hydrogen) atoms. The lowest BCUT2D eigenvalue weighted by Gasteiger charge is -2.18. The van der Waals surface area contributed by atoms with Crippen LogP contribution in [0, 0.1) is 11.3 Å². The van der Waals surface area contributed by atoms with Crippen molar-refractivity contribution in [2.75, 3.05) is 6.54 Å². The summed E-state index contributed by atoms with van der Waals surface area (Å²) in [5.41, 5.74) is 1.13. The van der Waals surface area contributed by atoms with E-state index in [9.17, 15) is 5.26 Å². The highest BCUT2D eigenvalue weighted by Gasteiger charge is 2.15. The zero-order chi connectivity index (χ0) is 12.6. The molecule has 0 heterocycles. The Kier molecular flexibility index (Phi) is 5.23. The van der Waals surface area contributed by atoms with Crippen molar-refractivity contribution in [3.05, 3.63) is 35.9 Å². The van der Waals surface area contributed by atoms with E-state index in [2.05, 4.69) is 11.4 Å². The molecule has 2 rings (SSSR count). The first kappa shape index (κ1) is 13.1. The summed E-state index contributed by atoms with van der Waals surface area (Å²) in [6, 6.07) is 13.1. The van der Waals surface area contributed by atoms with Gasteiger partial charge >= 0.3 is 0 Å². The fraction of sp³-hybridized carbons (Fsp3) is 0.562. The Labute approximate surface area is 110 Å². The maximum absolute atomic E-state index is 9.27. The van der Waals surface area contributed by atoms with Gasteiger partial charge < -0.3 is 5.32 Å². The van der Waals surface area contributed by atoms with E-state index in [4.69, 9.17) is 0 Å². The Morgan fingerprint density at radius 2 is 1.78 bits per heavy atom. The van der Waals surface area contributed by atoms with E-state index in [1.54, 1.807) is 0 Å². The van der Waals surface area contributed by atoms with Crippen LogP contribution in [0.25, 0.3) is 0 Å². The van der Waals surface area contributed by atoms with Crippen molar-refractivity contribution in [2.45, 2.75) is 50.5 Å². The molecule has 0 amide bonds. The second-order valence-corrected chi connectivity index (χ2v) is 5.19. The summed E-state index contributed by atoms with van der Waals surface area (Å²) >= 11 is 0. The molecule has 0 bridgehead atoms. The molecule has 0 aliphatic heterocycles. The highest BCUT2D eigenvalue weighted by molar-refractivity contribution is 5.25. The summed E-state index contributed by atoms with van der Waals surface area (Å²) in [4.78, 5) is 0. The molecule has 0 saturated heterocycles. The fourth-order valence-electron chi connectivity index (χ4n) is 2.69. The number of hydrogen-bond donors (Lipinski definition) is 1. The minimum atomic E-state index is -0.0190. The number of nitrogens with zero attached hydrogens (tertiary/aromatic N) is 1. The van der Waals surface area contributed by atoms with Gasteiger partial charge in [0.25, 0.3) is 0 Å². The van der Waals surface area contributed by atoms with Crippen molar-refractivity contribution in [2.24, 2.45) is 0 Å². The zero-order valence-electron chi connectivity index (χ0n) is 10.9. The zero-order valence-corrected chi connectivity index (χ0v) is 10.9. The molecule has 0 radical (unpaired) electrons. The summed E-state index contributed by atoms with van der Waals surface area (Å²) in [7, 11) is 0. The van der Waals surface area contributed by atoms with Gasteiger partial charge in [0.1, 0.15) is 0 Å². The standard InChI is InChI=1S/C16H22N2/c17-12-15(14-8-4-3-5-9-14)13-18-16-10-6-1-2-7-11-16/h3-5,8-9,15-16,18H,1-2,6-7,10-11,13H2. The Morgan fingerprint density at radius 1 is 1.11 bits per heavy atom. The Bertz CT molecular complexity index is 372. The van der Waals surface area contributed by atoms with Crippen molar-refractivity contribution in [3.8, 4) is 6.07 Å². The smallest absolute Gasteiger partial charge is 0.0837 e. The molecule has 0 aromatic heterocycles. The van der Waals surface area contributed by atoms with Gasteiger partial charge in [0, 0.05) is 12.6 Å². The maximum atomic E-state index is 9.27. The van der Waals surface area contributed by atoms with Gasteiger partial charge in [-0.1, -0.05) is 56.0 Å². The molecular formula is C16H22N2. The van der Waals surface area contributed by atoms with Crippen molar-refractivity contribution >= 4 is 0 Å². The molecule has 1 aromatic rings. The lowest BCUT2D eigenvalue weighted by molar-refractivity contribution is 0.455. The maximum Gasteiger partial charge on any atom is 0.0837 e. The van der Waals surface area contributed by atoms with E-state index in [-0.39, 0.29) is 5.92 Å². The first-order valence-corrected chi connectivity index (χ1v) is 7.08. The highest BCUT2D eigenvalue weighted by atomic mass is 14.9. The normalized spacial score (nSPS) is 18.8. The molecule has 1 atom stereocenters. The molecular weight excluding hydrogens is 220 g/mol. The summed E-state index contributed by atoms with van der Waals surface area (Å²) in [5.74, 6) is -0.0190. The van der Waals surface area contributed by atoms with E-state index < -0.39 is 0 Å². The molecule has 1 N–H and O–H groups in total. The number of nitrogens with one attached hydrogen (secondary N) is 1. The Hall–Kier alpha value is -1.33. The van der Waals surface area contributed by atoms with Crippen LogP contribution in [0.5, 0.6) is 0 Å². The lowest BCUT2D eigenvalue weighted by atomic mass is 9.99. The quantitative estimate of drug-likeness (QED) is 0.819. The van der Waals surface area contributed by atoms with Crippen LogP contribution < -0.4 is 5.32 Å². The van der Waals surface area contributed by atoms with E-state index >= 15 is 0 Å². The van der Waals surface area contributed by atoms with Crippen molar-refractivity contribution in [1.29, 1.82) is 5.26 Å². The van der Waals surface area contributed by atoms with Crippen LogP contribution in [-0.2, 0) is 0 Å². The van der Waals surface area contributed by atoms with E-state index in [1.807, 2.05) is 30.3 Å². The number of rotatable bonds is 4. The topological polar surface area (TPSA) is 35.8 Å². The van der Waals surface area contributed by atoms with Crippen LogP contribution in [0.1, 0.15) is 50.0 Å². The fourth-order valence-corrected chi connectivity index (χ4v) is 2.69. The lowest BCUT2D eigenvalue weighted by Crippen LogP contribution is -2.32. The average Bonchev–Trinajstić information content (AvgIpc) is 2.69. The monoisotopic (exact) mass is 242 g/mol. The molecule has 1 fully saturated rings. The average molecular weight is 242 g/mol. The van der Waals surface area contributed by atoms with Crippen molar-refractivity contribution < 1.29 is 0 Å². The molecule has 96 valence electrons. The van der Waals surface area contributed by atoms with Crippen LogP contribution in [-0.4, -0.2) is 12.6 Å². The summed E-state index contributed by atoms with van der Waals surface area (Å²) < 4.78 is 0. The molecule has 1 aliphatic rings. The first-order chi connectivity index (χ1) is 8.90. The van der Waals surface area contributed by atoms with Gasteiger partial charge in [-0.15, -0.1) is 0 Å². The predicted octanol–water partition coefficient (Wildman–Crippen LogP) is 3.61. The number of hydrogen-bond acceptors (Lipinski definition) is 2. The van der Waals surface area contributed by atoms with Crippen molar-refractivity contribution in [1.82, 2.24) is 5.32 Å². The third kappa shape index (κ3) is 3.85.